The van der Waals surface area contributed by atoms with Gasteiger partial charge in [0.2, 0.25) is 0 Å². The van der Waals surface area contributed by atoms with E-state index in [2.05, 4.69) is 19.7 Å². The number of hydrogen-bond donors (Lipinski definition) is 1. The highest BCUT2D eigenvalue weighted by Gasteiger charge is 2.18. The van der Waals surface area contributed by atoms with Crippen LogP contribution in [0.5, 0.6) is 0 Å². The first-order chi connectivity index (χ1) is 8.51. The topological polar surface area (TPSA) is 89.8 Å². The molecule has 0 unspecified atom stereocenters. The van der Waals surface area contributed by atoms with E-state index < -0.39 is 10.0 Å². The first kappa shape index (κ1) is 12.8. The fraction of sp³-hybridized carbons (Fsp3) is 0.222. The normalized spacial score (nSPS) is 11.4. The third kappa shape index (κ3) is 2.77. The number of imidazole rings is 1. The van der Waals surface area contributed by atoms with E-state index >= 15 is 0 Å². The Balaban J connectivity index is 2.24. The molecule has 0 radical (unpaired) electrons. The lowest BCUT2D eigenvalue weighted by molar-refractivity contribution is 0.597. The van der Waals surface area contributed by atoms with Crippen LogP contribution in [0.25, 0.3) is 0 Å². The maximum atomic E-state index is 11.9. The number of hydrogen-bond acceptors (Lipinski definition) is 5. The van der Waals surface area contributed by atoms with Gasteiger partial charge >= 0.3 is 0 Å². The lowest BCUT2D eigenvalue weighted by Gasteiger charge is -2.03. The molecule has 7 nitrogen and oxygen atoms in total. The van der Waals surface area contributed by atoms with Crippen molar-refractivity contribution in [3.63, 3.8) is 0 Å². The Morgan fingerprint density at radius 1 is 1.33 bits per heavy atom. The molecule has 0 fully saturated rings. The lowest BCUT2D eigenvalue weighted by Crippen LogP contribution is -2.14. The van der Waals surface area contributed by atoms with Crippen molar-refractivity contribution in [3.05, 3.63) is 30.1 Å². The van der Waals surface area contributed by atoms with Crippen LogP contribution in [-0.2, 0) is 16.6 Å². The fourth-order valence-corrected chi connectivity index (χ4v) is 2.25. The Morgan fingerprint density at radius 2 is 2.11 bits per heavy atom. The van der Waals surface area contributed by atoms with Crippen LogP contribution in [0.1, 0.15) is 6.92 Å². The number of halogens is 1. The SMILES string of the molecule is CCn1cnc(S(=O)(=O)Nc2cnc(Cl)cn2)c1. The molecule has 0 aliphatic heterocycles. The number of nitrogens with one attached hydrogen (secondary N) is 1. The predicted octanol–water partition coefficient (Wildman–Crippen LogP) is 1.15. The Bertz CT molecular complexity index is 637. The molecule has 2 heterocycles. The second-order valence-electron chi connectivity index (χ2n) is 3.37. The summed E-state index contributed by atoms with van der Waals surface area (Å²) in [5.41, 5.74) is 0. The van der Waals surface area contributed by atoms with Crippen molar-refractivity contribution >= 4 is 27.4 Å². The quantitative estimate of drug-likeness (QED) is 0.911. The predicted molar refractivity (Wildman–Crippen MR) is 65.8 cm³/mol. The summed E-state index contributed by atoms with van der Waals surface area (Å²) in [5.74, 6) is 0.0884. The van der Waals surface area contributed by atoms with Gasteiger partial charge in [-0.2, -0.15) is 8.42 Å². The molecule has 2 aromatic rings. The average molecular weight is 288 g/mol. The van der Waals surface area contributed by atoms with Crippen molar-refractivity contribution in [2.45, 2.75) is 18.5 Å². The molecule has 2 aromatic heterocycles. The van der Waals surface area contributed by atoms with Gasteiger partial charge in [-0.25, -0.2) is 15.0 Å². The average Bonchev–Trinajstić information content (AvgIpc) is 2.81. The van der Waals surface area contributed by atoms with E-state index in [4.69, 9.17) is 11.6 Å². The number of rotatable bonds is 4. The highest BCUT2D eigenvalue weighted by molar-refractivity contribution is 7.92. The van der Waals surface area contributed by atoms with Gasteiger partial charge in [-0.3, -0.25) is 4.72 Å². The standard InChI is InChI=1S/C9H10ClN5O2S/c1-2-15-5-9(13-6-15)18(16,17)14-8-4-11-7(10)3-12-8/h3-6H,2H2,1H3,(H,12,14). The Morgan fingerprint density at radius 3 is 2.67 bits per heavy atom. The fourth-order valence-electron chi connectivity index (χ4n) is 1.21. The minimum absolute atomic E-state index is 0.0684. The maximum Gasteiger partial charge on any atom is 0.282 e. The van der Waals surface area contributed by atoms with E-state index in [0.717, 1.165) is 0 Å². The van der Waals surface area contributed by atoms with Gasteiger partial charge in [0, 0.05) is 12.7 Å². The Hall–Kier alpha value is -1.67. The molecule has 0 saturated heterocycles. The van der Waals surface area contributed by atoms with Crippen LogP contribution in [0, 0.1) is 0 Å². The van der Waals surface area contributed by atoms with Gasteiger partial charge in [0.1, 0.15) is 5.15 Å². The van der Waals surface area contributed by atoms with Crippen molar-refractivity contribution in [2.75, 3.05) is 4.72 Å². The van der Waals surface area contributed by atoms with E-state index in [1.165, 1.54) is 24.9 Å². The molecule has 1 N–H and O–H groups in total. The molecule has 0 aliphatic rings. The summed E-state index contributed by atoms with van der Waals surface area (Å²) < 4.78 is 27.8. The maximum absolute atomic E-state index is 11.9. The highest BCUT2D eigenvalue weighted by Crippen LogP contribution is 2.12. The first-order valence-corrected chi connectivity index (χ1v) is 6.89. The van der Waals surface area contributed by atoms with Crippen molar-refractivity contribution < 1.29 is 8.42 Å². The molecule has 2 rings (SSSR count). The summed E-state index contributed by atoms with van der Waals surface area (Å²) in [6, 6.07) is 0. The molecule has 0 aromatic carbocycles. The molecular weight excluding hydrogens is 278 g/mol. The minimum Gasteiger partial charge on any atom is -0.336 e. The molecule has 18 heavy (non-hydrogen) atoms. The lowest BCUT2D eigenvalue weighted by atomic mass is 10.7. The number of aryl methyl sites for hydroxylation is 1. The van der Waals surface area contributed by atoms with Crippen molar-refractivity contribution in [1.29, 1.82) is 0 Å². The van der Waals surface area contributed by atoms with E-state index in [0.29, 0.717) is 6.54 Å². The van der Waals surface area contributed by atoms with Crippen LogP contribution in [-0.4, -0.2) is 27.9 Å². The Labute approximate surface area is 109 Å². The van der Waals surface area contributed by atoms with E-state index in [1.807, 2.05) is 6.92 Å². The molecule has 0 aliphatic carbocycles. The van der Waals surface area contributed by atoms with Crippen LogP contribution < -0.4 is 4.72 Å². The zero-order valence-corrected chi connectivity index (χ0v) is 11.0. The van der Waals surface area contributed by atoms with Crippen LogP contribution in [0.2, 0.25) is 5.15 Å². The molecular formula is C9H10ClN5O2S. The smallest absolute Gasteiger partial charge is 0.282 e. The zero-order chi connectivity index (χ0) is 13.2. The van der Waals surface area contributed by atoms with E-state index in [-0.39, 0.29) is 16.0 Å². The van der Waals surface area contributed by atoms with Crippen molar-refractivity contribution in [3.8, 4) is 0 Å². The van der Waals surface area contributed by atoms with Gasteiger partial charge in [-0.1, -0.05) is 11.6 Å². The Kier molecular flexibility index (Phi) is 3.48. The van der Waals surface area contributed by atoms with Crippen LogP contribution in [0.4, 0.5) is 5.82 Å². The number of sulfonamides is 1. The second-order valence-corrected chi connectivity index (χ2v) is 5.39. The highest BCUT2D eigenvalue weighted by atomic mass is 35.5. The molecule has 96 valence electrons. The van der Waals surface area contributed by atoms with Crippen molar-refractivity contribution in [2.24, 2.45) is 0 Å². The first-order valence-electron chi connectivity index (χ1n) is 5.03. The van der Waals surface area contributed by atoms with Gasteiger partial charge < -0.3 is 4.57 Å². The third-order valence-electron chi connectivity index (χ3n) is 2.11. The summed E-state index contributed by atoms with van der Waals surface area (Å²) in [6.07, 6.45) is 5.37. The van der Waals surface area contributed by atoms with Gasteiger partial charge in [0.25, 0.3) is 10.0 Å². The van der Waals surface area contributed by atoms with Gasteiger partial charge in [-0.05, 0) is 6.92 Å². The summed E-state index contributed by atoms with van der Waals surface area (Å²) in [5, 5.41) is 0.120. The van der Waals surface area contributed by atoms with Crippen LogP contribution in [0.15, 0.2) is 29.9 Å². The van der Waals surface area contributed by atoms with Crippen LogP contribution in [0.3, 0.4) is 0 Å². The van der Waals surface area contributed by atoms with Gasteiger partial charge in [0.05, 0.1) is 18.7 Å². The second kappa shape index (κ2) is 4.91. The molecule has 0 spiro atoms. The number of aromatic nitrogens is 4. The van der Waals surface area contributed by atoms with Gasteiger partial charge in [0.15, 0.2) is 10.8 Å². The van der Waals surface area contributed by atoms with Crippen LogP contribution >= 0.6 is 11.6 Å². The zero-order valence-electron chi connectivity index (χ0n) is 9.41. The van der Waals surface area contributed by atoms with E-state index in [9.17, 15) is 8.42 Å². The summed E-state index contributed by atoms with van der Waals surface area (Å²) in [6.45, 7) is 2.53. The van der Waals surface area contributed by atoms with E-state index in [1.54, 1.807) is 4.57 Å². The molecule has 0 bridgehead atoms. The molecule has 9 heteroatoms. The molecule has 0 amide bonds. The summed E-state index contributed by atoms with van der Waals surface area (Å²) >= 11 is 5.56. The summed E-state index contributed by atoms with van der Waals surface area (Å²) in [7, 11) is -3.74. The molecule has 0 saturated carbocycles. The van der Waals surface area contributed by atoms with Gasteiger partial charge in [-0.15, -0.1) is 0 Å². The largest absolute Gasteiger partial charge is 0.336 e. The monoisotopic (exact) mass is 287 g/mol. The number of anilines is 1. The summed E-state index contributed by atoms with van der Waals surface area (Å²) in [4.78, 5) is 11.3. The third-order valence-corrected chi connectivity index (χ3v) is 3.54. The number of nitrogens with zero attached hydrogens (tertiary/aromatic N) is 4. The minimum atomic E-state index is -3.74. The molecule has 0 atom stereocenters. The van der Waals surface area contributed by atoms with Crippen molar-refractivity contribution in [1.82, 2.24) is 19.5 Å².